The van der Waals surface area contributed by atoms with Crippen LogP contribution in [0.25, 0.3) is 0 Å². The predicted molar refractivity (Wildman–Crippen MR) is 68.5 cm³/mol. The molecule has 0 aliphatic carbocycles. The Hall–Kier alpha value is -0.770. The third-order valence-corrected chi connectivity index (χ3v) is 3.15. The molecular weight excluding hydrogens is 238 g/mol. The maximum absolute atomic E-state index is 5.95. The van der Waals surface area contributed by atoms with Gasteiger partial charge in [-0.15, -0.1) is 0 Å². The Morgan fingerprint density at radius 1 is 1.59 bits per heavy atom. The Morgan fingerprint density at radius 3 is 3.06 bits per heavy atom. The predicted octanol–water partition coefficient (Wildman–Crippen LogP) is 2.92. The van der Waals surface area contributed by atoms with Crippen LogP contribution in [0.5, 0.6) is 5.75 Å². The van der Waals surface area contributed by atoms with E-state index >= 15 is 0 Å². The highest BCUT2D eigenvalue weighted by Crippen LogP contribution is 2.28. The average Bonchev–Trinajstić information content (AvgIpc) is 2.80. The molecule has 94 valence electrons. The molecule has 1 heterocycles. The Morgan fingerprint density at radius 2 is 2.41 bits per heavy atom. The molecule has 2 atom stereocenters. The molecule has 17 heavy (non-hydrogen) atoms. The van der Waals surface area contributed by atoms with Crippen LogP contribution < -0.4 is 10.5 Å². The van der Waals surface area contributed by atoms with E-state index in [4.69, 9.17) is 26.8 Å². The van der Waals surface area contributed by atoms with Gasteiger partial charge in [-0.3, -0.25) is 0 Å². The summed E-state index contributed by atoms with van der Waals surface area (Å²) in [6.45, 7) is 3.35. The van der Waals surface area contributed by atoms with Crippen molar-refractivity contribution in [3.63, 3.8) is 0 Å². The van der Waals surface area contributed by atoms with Gasteiger partial charge in [0, 0.05) is 23.2 Å². The van der Waals surface area contributed by atoms with E-state index in [1.165, 1.54) is 0 Å². The molecule has 1 aromatic rings. The summed E-state index contributed by atoms with van der Waals surface area (Å²) in [5.41, 5.74) is 6.84. The first kappa shape index (κ1) is 12.7. The van der Waals surface area contributed by atoms with Crippen LogP contribution in [0.3, 0.4) is 0 Å². The molecular formula is C13H18ClNO2. The Bertz CT molecular complexity index is 376. The van der Waals surface area contributed by atoms with Gasteiger partial charge in [0.15, 0.2) is 0 Å². The highest BCUT2D eigenvalue weighted by molar-refractivity contribution is 6.30. The summed E-state index contributed by atoms with van der Waals surface area (Å²) in [7, 11) is 0. The van der Waals surface area contributed by atoms with Gasteiger partial charge in [-0.2, -0.15) is 0 Å². The van der Waals surface area contributed by atoms with E-state index in [9.17, 15) is 0 Å². The summed E-state index contributed by atoms with van der Waals surface area (Å²) in [5.74, 6) is 0.805. The van der Waals surface area contributed by atoms with E-state index in [-0.39, 0.29) is 12.1 Å². The zero-order valence-corrected chi connectivity index (χ0v) is 10.7. The molecule has 0 spiro atoms. The highest BCUT2D eigenvalue weighted by atomic mass is 35.5. The second-order valence-electron chi connectivity index (χ2n) is 4.42. The molecule has 0 bridgehead atoms. The molecule has 2 unspecified atom stereocenters. The van der Waals surface area contributed by atoms with Crippen molar-refractivity contribution in [1.29, 1.82) is 0 Å². The Labute approximate surface area is 107 Å². The first-order chi connectivity index (χ1) is 8.16. The zero-order valence-electron chi connectivity index (χ0n) is 9.99. The van der Waals surface area contributed by atoms with Crippen LogP contribution in [0.2, 0.25) is 5.02 Å². The van der Waals surface area contributed by atoms with E-state index in [0.717, 1.165) is 30.8 Å². The second kappa shape index (κ2) is 5.71. The molecule has 1 saturated heterocycles. The van der Waals surface area contributed by atoms with Crippen LogP contribution in [0, 0.1) is 0 Å². The van der Waals surface area contributed by atoms with Gasteiger partial charge < -0.3 is 15.2 Å². The summed E-state index contributed by atoms with van der Waals surface area (Å²) in [5, 5.41) is 0.682. The minimum atomic E-state index is -0.0896. The summed E-state index contributed by atoms with van der Waals surface area (Å²) in [6.07, 6.45) is 2.40. The summed E-state index contributed by atoms with van der Waals surface area (Å²) in [6, 6.07) is 5.46. The lowest BCUT2D eigenvalue weighted by Gasteiger charge is -2.16. The third kappa shape index (κ3) is 3.35. The number of nitrogens with two attached hydrogens (primary N) is 1. The standard InChI is InChI=1S/C13H18ClNO2/c1-9(15)12-7-10(14)4-5-13(12)17-8-11-3-2-6-16-11/h4-5,7,9,11H,2-3,6,8,15H2,1H3. The molecule has 4 heteroatoms. The number of benzene rings is 1. The lowest BCUT2D eigenvalue weighted by molar-refractivity contribution is 0.0675. The van der Waals surface area contributed by atoms with Crippen LogP contribution in [0.1, 0.15) is 31.4 Å². The van der Waals surface area contributed by atoms with Gasteiger partial charge in [-0.05, 0) is 38.0 Å². The number of ether oxygens (including phenoxy) is 2. The van der Waals surface area contributed by atoms with Crippen molar-refractivity contribution in [1.82, 2.24) is 0 Å². The summed E-state index contributed by atoms with van der Waals surface area (Å²) >= 11 is 5.95. The molecule has 2 rings (SSSR count). The Balaban J connectivity index is 2.03. The molecule has 3 nitrogen and oxygen atoms in total. The van der Waals surface area contributed by atoms with Gasteiger partial charge in [0.25, 0.3) is 0 Å². The van der Waals surface area contributed by atoms with Gasteiger partial charge in [-0.1, -0.05) is 11.6 Å². The van der Waals surface area contributed by atoms with Gasteiger partial charge in [-0.25, -0.2) is 0 Å². The Kier molecular flexibility index (Phi) is 4.26. The van der Waals surface area contributed by atoms with E-state index in [0.29, 0.717) is 11.6 Å². The van der Waals surface area contributed by atoms with Crippen molar-refractivity contribution in [2.75, 3.05) is 13.2 Å². The summed E-state index contributed by atoms with van der Waals surface area (Å²) < 4.78 is 11.3. The van der Waals surface area contributed by atoms with Gasteiger partial charge in [0.05, 0.1) is 6.10 Å². The van der Waals surface area contributed by atoms with Crippen molar-refractivity contribution in [3.8, 4) is 5.75 Å². The monoisotopic (exact) mass is 255 g/mol. The van der Waals surface area contributed by atoms with E-state index < -0.39 is 0 Å². The highest BCUT2D eigenvalue weighted by Gasteiger charge is 2.17. The number of halogens is 1. The van der Waals surface area contributed by atoms with Gasteiger partial charge in [0.2, 0.25) is 0 Å². The SMILES string of the molecule is CC(N)c1cc(Cl)ccc1OCC1CCCO1. The van der Waals surface area contributed by atoms with Gasteiger partial charge >= 0.3 is 0 Å². The number of hydrogen-bond acceptors (Lipinski definition) is 3. The van der Waals surface area contributed by atoms with Crippen LogP contribution >= 0.6 is 11.6 Å². The zero-order chi connectivity index (χ0) is 12.3. The van der Waals surface area contributed by atoms with Crippen LogP contribution in [0.15, 0.2) is 18.2 Å². The van der Waals surface area contributed by atoms with Crippen LogP contribution in [-0.2, 0) is 4.74 Å². The second-order valence-corrected chi connectivity index (χ2v) is 4.85. The lowest BCUT2D eigenvalue weighted by Crippen LogP contribution is -2.17. The summed E-state index contributed by atoms with van der Waals surface area (Å²) in [4.78, 5) is 0. The largest absolute Gasteiger partial charge is 0.491 e. The molecule has 0 amide bonds. The fourth-order valence-electron chi connectivity index (χ4n) is 1.97. The van der Waals surface area contributed by atoms with Crippen LogP contribution in [-0.4, -0.2) is 19.3 Å². The van der Waals surface area contributed by atoms with E-state index in [2.05, 4.69) is 0 Å². The van der Waals surface area contributed by atoms with E-state index in [1.54, 1.807) is 0 Å². The first-order valence-corrected chi connectivity index (χ1v) is 6.34. The van der Waals surface area contributed by atoms with Crippen LogP contribution in [0.4, 0.5) is 0 Å². The van der Waals surface area contributed by atoms with E-state index in [1.807, 2.05) is 25.1 Å². The van der Waals surface area contributed by atoms with Crippen molar-refractivity contribution in [3.05, 3.63) is 28.8 Å². The van der Waals surface area contributed by atoms with Crippen molar-refractivity contribution < 1.29 is 9.47 Å². The first-order valence-electron chi connectivity index (χ1n) is 5.96. The molecule has 2 N–H and O–H groups in total. The normalized spacial score (nSPS) is 21.5. The fourth-order valence-corrected chi connectivity index (χ4v) is 2.15. The number of rotatable bonds is 4. The minimum absolute atomic E-state index is 0.0896. The maximum Gasteiger partial charge on any atom is 0.124 e. The molecule has 0 aromatic heterocycles. The van der Waals surface area contributed by atoms with Crippen molar-refractivity contribution in [2.24, 2.45) is 5.73 Å². The fraction of sp³-hybridized carbons (Fsp3) is 0.538. The molecule has 1 aromatic carbocycles. The average molecular weight is 256 g/mol. The molecule has 0 radical (unpaired) electrons. The molecule has 1 aliphatic rings. The topological polar surface area (TPSA) is 44.5 Å². The minimum Gasteiger partial charge on any atom is -0.491 e. The number of hydrogen-bond donors (Lipinski definition) is 1. The van der Waals surface area contributed by atoms with Gasteiger partial charge in [0.1, 0.15) is 12.4 Å². The quantitative estimate of drug-likeness (QED) is 0.900. The molecule has 1 fully saturated rings. The van der Waals surface area contributed by atoms with Crippen molar-refractivity contribution >= 4 is 11.6 Å². The smallest absolute Gasteiger partial charge is 0.124 e. The maximum atomic E-state index is 5.95. The molecule has 1 aliphatic heterocycles. The molecule has 0 saturated carbocycles. The van der Waals surface area contributed by atoms with Crippen molar-refractivity contribution in [2.45, 2.75) is 31.9 Å². The third-order valence-electron chi connectivity index (χ3n) is 2.91. The lowest BCUT2D eigenvalue weighted by atomic mass is 10.1.